The molecule has 8 atom stereocenters. The Morgan fingerprint density at radius 3 is 2.76 bits per heavy atom. The van der Waals surface area contributed by atoms with Crippen molar-refractivity contribution in [2.75, 3.05) is 13.7 Å². The molecule has 4 aliphatic carbocycles. The van der Waals surface area contributed by atoms with Gasteiger partial charge in [-0.2, -0.15) is 0 Å². The molecule has 6 nitrogen and oxygen atoms in total. The molecule has 1 aromatic heterocycles. The second kappa shape index (κ2) is 8.99. The van der Waals surface area contributed by atoms with Gasteiger partial charge in [-0.25, -0.2) is 9.07 Å². The van der Waals surface area contributed by atoms with E-state index in [1.165, 1.54) is 17.2 Å². The summed E-state index contributed by atoms with van der Waals surface area (Å²) in [6, 6.07) is 3.18. The summed E-state index contributed by atoms with van der Waals surface area (Å²) < 4.78 is 21.8. The van der Waals surface area contributed by atoms with Crippen molar-refractivity contribution in [2.45, 2.75) is 83.8 Å². The number of aromatic nitrogens is 3. The van der Waals surface area contributed by atoms with Crippen molar-refractivity contribution < 1.29 is 19.0 Å². The molecule has 0 spiro atoms. The molecule has 8 heteroatoms. The van der Waals surface area contributed by atoms with Crippen LogP contribution in [0.25, 0.3) is 11.0 Å². The van der Waals surface area contributed by atoms with Gasteiger partial charge in [0.05, 0.1) is 22.7 Å². The second-order valence-corrected chi connectivity index (χ2v) is 13.5. The van der Waals surface area contributed by atoms with E-state index in [1.54, 1.807) is 6.07 Å². The highest BCUT2D eigenvalue weighted by Crippen LogP contribution is 2.68. The zero-order valence-corrected chi connectivity index (χ0v) is 22.9. The minimum atomic E-state index is -0.589. The average Bonchev–Trinajstić information content (AvgIpc) is 3.42. The number of ketones is 1. The summed E-state index contributed by atoms with van der Waals surface area (Å²) >= 11 is 5.90. The lowest BCUT2D eigenvalue weighted by Gasteiger charge is -2.62. The van der Waals surface area contributed by atoms with Crippen LogP contribution in [0, 0.1) is 46.2 Å². The van der Waals surface area contributed by atoms with Crippen molar-refractivity contribution in [1.29, 1.82) is 0 Å². The highest BCUT2D eigenvalue weighted by molar-refractivity contribution is 6.31. The summed E-state index contributed by atoms with van der Waals surface area (Å²) in [5, 5.41) is 18.9. The largest absolute Gasteiger partial charge is 0.390 e. The lowest BCUT2D eigenvalue weighted by atomic mass is 9.43. The number of methoxy groups -OCH3 is 1. The number of carbonyl (C=O) groups excluding carboxylic acids is 1. The molecule has 37 heavy (non-hydrogen) atoms. The van der Waals surface area contributed by atoms with E-state index in [-0.39, 0.29) is 39.6 Å². The van der Waals surface area contributed by atoms with Gasteiger partial charge in [-0.15, -0.1) is 5.10 Å². The third-order valence-electron chi connectivity index (χ3n) is 11.3. The fraction of sp³-hybridized carbons (Fsp3) is 0.759. The van der Waals surface area contributed by atoms with Crippen molar-refractivity contribution in [2.24, 2.45) is 40.4 Å². The highest BCUT2D eigenvalue weighted by Gasteiger charge is 2.63. The van der Waals surface area contributed by atoms with Gasteiger partial charge >= 0.3 is 0 Å². The lowest BCUT2D eigenvalue weighted by Crippen LogP contribution is -2.58. The van der Waals surface area contributed by atoms with Crippen LogP contribution >= 0.6 is 11.6 Å². The predicted molar refractivity (Wildman–Crippen MR) is 140 cm³/mol. The van der Waals surface area contributed by atoms with Crippen molar-refractivity contribution in [3.63, 3.8) is 0 Å². The van der Waals surface area contributed by atoms with Crippen molar-refractivity contribution >= 4 is 28.4 Å². The van der Waals surface area contributed by atoms with Crippen LogP contribution < -0.4 is 0 Å². The number of hydrogen-bond donors (Lipinski definition) is 1. The molecule has 0 aliphatic heterocycles. The van der Waals surface area contributed by atoms with E-state index < -0.39 is 11.4 Å². The first-order chi connectivity index (χ1) is 17.6. The molecule has 1 N–H and O–H groups in total. The molecule has 0 saturated heterocycles. The summed E-state index contributed by atoms with van der Waals surface area (Å²) in [5.41, 5.74) is 0.177. The summed E-state index contributed by atoms with van der Waals surface area (Å²) in [7, 11) is 1.83. The molecule has 0 bridgehead atoms. The van der Waals surface area contributed by atoms with Gasteiger partial charge < -0.3 is 9.84 Å². The third kappa shape index (κ3) is 3.89. The summed E-state index contributed by atoms with van der Waals surface area (Å²) in [5.74, 6) is 1.82. The second-order valence-electron chi connectivity index (χ2n) is 13.1. The molecule has 6 rings (SSSR count). The first-order valence-corrected chi connectivity index (χ1v) is 14.4. The van der Waals surface area contributed by atoms with Crippen LogP contribution in [0.3, 0.4) is 0 Å². The number of nitrogens with zero attached hydrogens (tertiary/aromatic N) is 3. The van der Waals surface area contributed by atoms with E-state index in [4.69, 9.17) is 16.3 Å². The summed E-state index contributed by atoms with van der Waals surface area (Å²) in [6.45, 7) is 5.25. The molecule has 4 saturated carbocycles. The molecule has 1 aromatic carbocycles. The first-order valence-electron chi connectivity index (χ1n) is 14.0. The molecule has 0 radical (unpaired) electrons. The van der Waals surface area contributed by atoms with Gasteiger partial charge in [-0.1, -0.05) is 23.7 Å². The Morgan fingerprint density at radius 1 is 1.16 bits per heavy atom. The fourth-order valence-electron chi connectivity index (χ4n) is 9.67. The Hall–Kier alpha value is -1.57. The van der Waals surface area contributed by atoms with Gasteiger partial charge in [0.1, 0.15) is 12.1 Å². The fourth-order valence-corrected chi connectivity index (χ4v) is 9.82. The maximum atomic E-state index is 14.4. The SMILES string of the molecule is COC[C@]12CC[C@@](C)(O)C[C@@H]1CC[C@H]1[C@@H]3CC[C@H](C(=O)Cn4nnc5c(F)c(Cl)ccc54)[C@@]3(C)CC[C@@H]12. The number of hydrogen-bond acceptors (Lipinski definition) is 5. The van der Waals surface area contributed by atoms with E-state index in [1.807, 2.05) is 14.0 Å². The molecule has 4 fully saturated rings. The van der Waals surface area contributed by atoms with Crippen LogP contribution in [-0.4, -0.2) is 45.2 Å². The minimum Gasteiger partial charge on any atom is -0.390 e. The van der Waals surface area contributed by atoms with Crippen LogP contribution in [0.1, 0.15) is 71.6 Å². The standard InChI is InChI=1S/C29H39ClFN3O3/c1-27(36)12-13-29(16-37-3)17(14-27)4-5-18-19-6-7-21(28(19,2)11-10-20(18)29)24(35)15-34-23-9-8-22(30)25(31)26(23)32-33-34/h8-9,17-21,36H,4-7,10-16H2,1-3H3/t17-,18-,19-,20-,21+,27+,28-,29+/m0/s1. The van der Waals surface area contributed by atoms with E-state index in [0.717, 1.165) is 58.0 Å². The molecule has 4 aliphatic rings. The van der Waals surface area contributed by atoms with Crippen molar-refractivity contribution in [3.05, 3.63) is 23.0 Å². The normalized spacial score (nSPS) is 41.3. The Bertz CT molecular complexity index is 1220. The number of halogens is 2. The van der Waals surface area contributed by atoms with Gasteiger partial charge in [0.25, 0.3) is 0 Å². The number of Topliss-reactive ketones (excluding diaryl/α,β-unsaturated/α-hetero) is 1. The van der Waals surface area contributed by atoms with E-state index >= 15 is 0 Å². The Labute approximate surface area is 223 Å². The van der Waals surface area contributed by atoms with E-state index in [0.29, 0.717) is 29.2 Å². The van der Waals surface area contributed by atoms with Crippen LogP contribution in [0.2, 0.25) is 5.02 Å². The summed E-state index contributed by atoms with van der Waals surface area (Å²) in [6.07, 6.45) is 9.25. The molecule has 202 valence electrons. The van der Waals surface area contributed by atoms with Crippen molar-refractivity contribution in [1.82, 2.24) is 15.0 Å². The molecular weight excluding hydrogens is 493 g/mol. The maximum absolute atomic E-state index is 14.4. The predicted octanol–water partition coefficient (Wildman–Crippen LogP) is 5.83. The molecule has 1 heterocycles. The van der Waals surface area contributed by atoms with E-state index in [9.17, 15) is 14.3 Å². The maximum Gasteiger partial charge on any atom is 0.171 e. The quantitative estimate of drug-likeness (QED) is 0.525. The average molecular weight is 532 g/mol. The zero-order valence-electron chi connectivity index (χ0n) is 22.2. The number of benzene rings is 1. The van der Waals surface area contributed by atoms with Gasteiger partial charge in [0, 0.05) is 13.0 Å². The van der Waals surface area contributed by atoms with Crippen LogP contribution in [0.15, 0.2) is 12.1 Å². The van der Waals surface area contributed by atoms with Crippen LogP contribution in [0.5, 0.6) is 0 Å². The first kappa shape index (κ1) is 25.7. The number of rotatable bonds is 5. The Balaban J connectivity index is 1.24. The number of fused-ring (bicyclic) bond motifs is 6. The van der Waals surface area contributed by atoms with Gasteiger partial charge in [0.2, 0.25) is 0 Å². The van der Waals surface area contributed by atoms with E-state index in [2.05, 4.69) is 17.2 Å². The minimum absolute atomic E-state index is 0.0105. The number of aliphatic hydroxyl groups is 1. The Morgan fingerprint density at radius 2 is 1.97 bits per heavy atom. The zero-order chi connectivity index (χ0) is 26.2. The monoisotopic (exact) mass is 531 g/mol. The van der Waals surface area contributed by atoms with Crippen LogP contribution in [-0.2, 0) is 16.1 Å². The van der Waals surface area contributed by atoms with Gasteiger partial charge in [-0.05, 0) is 111 Å². The lowest BCUT2D eigenvalue weighted by molar-refractivity contribution is -0.175. The van der Waals surface area contributed by atoms with Crippen molar-refractivity contribution in [3.8, 4) is 0 Å². The van der Waals surface area contributed by atoms with Gasteiger partial charge in [0.15, 0.2) is 11.6 Å². The smallest absolute Gasteiger partial charge is 0.171 e. The molecule has 0 unspecified atom stereocenters. The molecular formula is C29H39ClFN3O3. The third-order valence-corrected chi connectivity index (χ3v) is 11.6. The highest BCUT2D eigenvalue weighted by atomic mass is 35.5. The summed E-state index contributed by atoms with van der Waals surface area (Å²) in [4.78, 5) is 13.7. The molecule has 2 aromatic rings. The van der Waals surface area contributed by atoms with Gasteiger partial charge in [-0.3, -0.25) is 4.79 Å². The van der Waals surface area contributed by atoms with Crippen LogP contribution in [0.4, 0.5) is 4.39 Å². The Kier molecular flexibility index (Phi) is 6.24. The molecule has 0 amide bonds. The number of carbonyl (C=O) groups is 1. The number of ether oxygens (including phenoxy) is 1. The topological polar surface area (TPSA) is 77.2 Å².